The maximum atomic E-state index is 2.37. The lowest BCUT2D eigenvalue weighted by atomic mass is 9.86. The highest BCUT2D eigenvalue weighted by atomic mass is 32.1. The molecule has 0 spiro atoms. The Kier molecular flexibility index (Phi) is 6.00. The van der Waals surface area contributed by atoms with Crippen molar-refractivity contribution in [3.05, 3.63) is 145 Å². The van der Waals surface area contributed by atoms with Crippen LogP contribution < -0.4 is 0 Å². The number of thiophene rings is 1. The molecule has 1 heteroatoms. The van der Waals surface area contributed by atoms with Crippen molar-refractivity contribution in [2.45, 2.75) is 26.2 Å². The van der Waals surface area contributed by atoms with E-state index in [4.69, 9.17) is 0 Å². The van der Waals surface area contributed by atoms with Crippen LogP contribution in [-0.2, 0) is 5.41 Å². The molecule has 0 saturated carbocycles. The zero-order valence-corrected chi connectivity index (χ0v) is 25.5. The van der Waals surface area contributed by atoms with Gasteiger partial charge < -0.3 is 0 Å². The number of hydrogen-bond acceptors (Lipinski definition) is 1. The first-order valence-electron chi connectivity index (χ1n) is 15.0. The van der Waals surface area contributed by atoms with Gasteiger partial charge in [-0.3, -0.25) is 0 Å². The van der Waals surface area contributed by atoms with Crippen LogP contribution in [0, 0.1) is 0 Å². The second kappa shape index (κ2) is 9.93. The van der Waals surface area contributed by atoms with Gasteiger partial charge in [-0.1, -0.05) is 142 Å². The summed E-state index contributed by atoms with van der Waals surface area (Å²) in [6.07, 6.45) is 0. The molecule has 0 radical (unpaired) electrons. The monoisotopic (exact) mass is 568 g/mol. The van der Waals surface area contributed by atoms with Gasteiger partial charge in [0.2, 0.25) is 0 Å². The zero-order chi connectivity index (χ0) is 29.1. The van der Waals surface area contributed by atoms with Crippen molar-refractivity contribution in [2.24, 2.45) is 0 Å². The van der Waals surface area contributed by atoms with Crippen LogP contribution in [0.3, 0.4) is 0 Å². The second-order valence-electron chi connectivity index (χ2n) is 12.6. The van der Waals surface area contributed by atoms with Gasteiger partial charge in [-0.15, -0.1) is 11.3 Å². The van der Waals surface area contributed by atoms with Crippen molar-refractivity contribution in [2.75, 3.05) is 0 Å². The third kappa shape index (κ3) is 4.44. The number of benzene rings is 7. The maximum absolute atomic E-state index is 2.37. The minimum Gasteiger partial charge on any atom is -0.135 e. The van der Waals surface area contributed by atoms with E-state index in [0.717, 1.165) is 0 Å². The van der Waals surface area contributed by atoms with E-state index in [1.54, 1.807) is 0 Å². The Balaban J connectivity index is 1.21. The summed E-state index contributed by atoms with van der Waals surface area (Å²) in [5.41, 5.74) is 9.10. The fourth-order valence-corrected chi connectivity index (χ4v) is 7.72. The molecule has 0 saturated heterocycles. The SMILES string of the molecule is CC(C)(C)c1ccc(-c2ccc3cc(-c4ccc(-c5cccc6c5sc5ccccc56)cc4)c4ccccc4c3c2)cc1. The Labute approximate surface area is 256 Å². The fraction of sp³-hybridized carbons (Fsp3) is 0.0952. The Morgan fingerprint density at radius 2 is 1.02 bits per heavy atom. The third-order valence-corrected chi connectivity index (χ3v) is 10.1. The van der Waals surface area contributed by atoms with Gasteiger partial charge in [-0.2, -0.15) is 0 Å². The molecule has 0 amide bonds. The number of hydrogen-bond donors (Lipinski definition) is 0. The topological polar surface area (TPSA) is 0 Å². The van der Waals surface area contributed by atoms with Gasteiger partial charge in [0, 0.05) is 20.2 Å². The molecule has 0 nitrogen and oxygen atoms in total. The van der Waals surface area contributed by atoms with Crippen LogP contribution >= 0.6 is 11.3 Å². The van der Waals surface area contributed by atoms with E-state index in [1.807, 2.05) is 11.3 Å². The van der Waals surface area contributed by atoms with Crippen molar-refractivity contribution in [3.8, 4) is 33.4 Å². The summed E-state index contributed by atoms with van der Waals surface area (Å²) in [6, 6.07) is 51.8. The smallest absolute Gasteiger partial charge is 0.0433 e. The molecule has 0 fully saturated rings. The van der Waals surface area contributed by atoms with Crippen LogP contribution in [0.2, 0.25) is 0 Å². The summed E-state index contributed by atoms with van der Waals surface area (Å²) in [6.45, 7) is 6.79. The summed E-state index contributed by atoms with van der Waals surface area (Å²) >= 11 is 1.89. The molecule has 0 N–H and O–H groups in total. The molecule has 0 aliphatic heterocycles. The van der Waals surface area contributed by atoms with E-state index in [2.05, 4.69) is 160 Å². The van der Waals surface area contributed by atoms with E-state index >= 15 is 0 Å². The largest absolute Gasteiger partial charge is 0.135 e. The predicted octanol–water partition coefficient (Wildman–Crippen LogP) is 12.7. The predicted molar refractivity (Wildman–Crippen MR) is 189 cm³/mol. The average Bonchev–Trinajstić information content (AvgIpc) is 3.43. The molecule has 43 heavy (non-hydrogen) atoms. The molecule has 1 heterocycles. The van der Waals surface area contributed by atoms with Crippen LogP contribution in [0.5, 0.6) is 0 Å². The Bertz CT molecular complexity index is 2290. The van der Waals surface area contributed by atoms with Crippen LogP contribution in [0.1, 0.15) is 26.3 Å². The maximum Gasteiger partial charge on any atom is 0.0433 e. The molecule has 0 unspecified atom stereocenters. The molecule has 8 rings (SSSR count). The van der Waals surface area contributed by atoms with Crippen LogP contribution in [-0.4, -0.2) is 0 Å². The van der Waals surface area contributed by atoms with Crippen LogP contribution in [0.4, 0.5) is 0 Å². The van der Waals surface area contributed by atoms with Crippen molar-refractivity contribution >= 4 is 53.1 Å². The van der Waals surface area contributed by atoms with Gasteiger partial charge in [0.1, 0.15) is 0 Å². The van der Waals surface area contributed by atoms with Crippen molar-refractivity contribution in [1.29, 1.82) is 0 Å². The lowest BCUT2D eigenvalue weighted by Gasteiger charge is -2.19. The minimum atomic E-state index is 0.151. The molecular formula is C42H32S. The van der Waals surface area contributed by atoms with Gasteiger partial charge in [0.15, 0.2) is 0 Å². The van der Waals surface area contributed by atoms with Crippen molar-refractivity contribution < 1.29 is 0 Å². The van der Waals surface area contributed by atoms with Gasteiger partial charge in [-0.25, -0.2) is 0 Å². The summed E-state index contributed by atoms with van der Waals surface area (Å²) in [4.78, 5) is 0. The lowest BCUT2D eigenvalue weighted by molar-refractivity contribution is 0.590. The summed E-state index contributed by atoms with van der Waals surface area (Å²) < 4.78 is 2.70. The highest BCUT2D eigenvalue weighted by molar-refractivity contribution is 7.26. The molecular weight excluding hydrogens is 537 g/mol. The summed E-state index contributed by atoms with van der Waals surface area (Å²) in [5, 5.41) is 7.82. The fourth-order valence-electron chi connectivity index (χ4n) is 6.49. The van der Waals surface area contributed by atoms with Crippen molar-refractivity contribution in [3.63, 3.8) is 0 Å². The van der Waals surface area contributed by atoms with E-state index in [-0.39, 0.29) is 5.41 Å². The average molecular weight is 569 g/mol. The lowest BCUT2D eigenvalue weighted by Crippen LogP contribution is -2.10. The van der Waals surface area contributed by atoms with Crippen molar-refractivity contribution in [1.82, 2.24) is 0 Å². The molecule has 0 aliphatic rings. The molecule has 0 atom stereocenters. The molecule has 1 aromatic heterocycles. The van der Waals surface area contributed by atoms with E-state index in [0.29, 0.717) is 0 Å². The van der Waals surface area contributed by atoms with Gasteiger partial charge in [0.05, 0.1) is 0 Å². The van der Waals surface area contributed by atoms with E-state index in [9.17, 15) is 0 Å². The number of rotatable bonds is 3. The molecule has 7 aromatic carbocycles. The minimum absolute atomic E-state index is 0.151. The molecule has 8 aromatic rings. The normalized spacial score (nSPS) is 12.1. The van der Waals surface area contributed by atoms with Crippen LogP contribution in [0.15, 0.2) is 140 Å². The molecule has 0 bridgehead atoms. The first-order valence-corrected chi connectivity index (χ1v) is 15.8. The van der Waals surface area contributed by atoms with E-state index < -0.39 is 0 Å². The summed E-state index contributed by atoms with van der Waals surface area (Å²) in [7, 11) is 0. The third-order valence-electron chi connectivity index (χ3n) is 8.86. The first kappa shape index (κ1) is 25.9. The highest BCUT2D eigenvalue weighted by Gasteiger charge is 2.15. The van der Waals surface area contributed by atoms with Crippen LogP contribution in [0.25, 0.3) is 75.1 Å². The van der Waals surface area contributed by atoms with Gasteiger partial charge in [0.25, 0.3) is 0 Å². The van der Waals surface area contributed by atoms with E-state index in [1.165, 1.54) is 80.7 Å². The summed E-state index contributed by atoms with van der Waals surface area (Å²) in [5.74, 6) is 0. The standard InChI is InChI=1S/C42H32S/c1-42(2,3)32-23-21-27(22-24-32)30-19-20-31-26-38(34-9-4-5-10-35(34)39(31)25-30)29-17-15-28(16-18-29)33-12-8-13-37-36-11-6-7-14-40(36)43-41(33)37/h4-26H,1-3H3. The highest BCUT2D eigenvalue weighted by Crippen LogP contribution is 2.41. The Morgan fingerprint density at radius 1 is 0.419 bits per heavy atom. The Hall–Kier alpha value is -4.72. The number of fused-ring (bicyclic) bond motifs is 6. The van der Waals surface area contributed by atoms with Gasteiger partial charge in [-0.05, 0) is 84.1 Å². The molecule has 206 valence electrons. The second-order valence-corrected chi connectivity index (χ2v) is 13.6. The Morgan fingerprint density at radius 3 is 1.77 bits per heavy atom. The van der Waals surface area contributed by atoms with Gasteiger partial charge >= 0.3 is 0 Å². The first-order chi connectivity index (χ1) is 20.9. The quantitative estimate of drug-likeness (QED) is 0.186. The zero-order valence-electron chi connectivity index (χ0n) is 24.7. The molecule has 0 aliphatic carbocycles.